The van der Waals surface area contributed by atoms with Crippen LogP contribution in [0.15, 0.2) is 36.8 Å². The lowest BCUT2D eigenvalue weighted by atomic mass is 10.1. The van der Waals surface area contributed by atoms with Crippen LogP contribution in [0, 0.1) is 0 Å². The molecule has 21 heavy (non-hydrogen) atoms. The molecule has 0 fully saturated rings. The molecule has 2 aromatic heterocycles. The molecule has 0 saturated heterocycles. The molecule has 3 rings (SSSR count). The normalized spacial score (nSPS) is 11.2. The van der Waals surface area contributed by atoms with Crippen molar-refractivity contribution in [2.45, 2.75) is 32.2 Å². The fourth-order valence-corrected chi connectivity index (χ4v) is 2.61. The maximum Gasteiger partial charge on any atom is 0.303 e. The van der Waals surface area contributed by atoms with Crippen LogP contribution in [0.4, 0.5) is 0 Å². The minimum Gasteiger partial charge on any atom is -0.481 e. The van der Waals surface area contributed by atoms with Gasteiger partial charge in [-0.25, -0.2) is 4.98 Å². The predicted octanol–water partition coefficient (Wildman–Crippen LogP) is 3.23. The van der Waals surface area contributed by atoms with Crippen LogP contribution in [-0.2, 0) is 11.3 Å². The van der Waals surface area contributed by atoms with Crippen LogP contribution in [0.2, 0.25) is 0 Å². The van der Waals surface area contributed by atoms with Gasteiger partial charge in [0, 0.05) is 18.4 Å². The van der Waals surface area contributed by atoms with Gasteiger partial charge in [0.1, 0.15) is 5.52 Å². The molecule has 1 N–H and O–H groups in total. The topological polar surface area (TPSA) is 68.0 Å². The minimum atomic E-state index is -0.722. The Bertz CT molecular complexity index is 779. The van der Waals surface area contributed by atoms with E-state index in [2.05, 4.69) is 20.6 Å². The number of carboxylic acid groups (broad SMARTS) is 1. The third-order valence-corrected chi connectivity index (χ3v) is 3.64. The van der Waals surface area contributed by atoms with Gasteiger partial charge in [-0.05, 0) is 18.9 Å². The number of aryl methyl sites for hydroxylation is 1. The second kappa shape index (κ2) is 5.91. The molecule has 0 unspecified atom stereocenters. The molecule has 0 aliphatic carbocycles. The fraction of sp³-hybridized carbons (Fsp3) is 0.312. The van der Waals surface area contributed by atoms with Gasteiger partial charge in [-0.15, -0.1) is 0 Å². The van der Waals surface area contributed by atoms with Crippen LogP contribution in [0.1, 0.15) is 25.7 Å². The largest absolute Gasteiger partial charge is 0.481 e. The van der Waals surface area contributed by atoms with Gasteiger partial charge >= 0.3 is 5.97 Å². The van der Waals surface area contributed by atoms with Crippen molar-refractivity contribution in [1.29, 1.82) is 0 Å². The zero-order valence-corrected chi connectivity index (χ0v) is 11.7. The molecule has 0 radical (unpaired) electrons. The number of imidazole rings is 1. The van der Waals surface area contributed by atoms with E-state index in [0.717, 1.165) is 47.7 Å². The first-order chi connectivity index (χ1) is 10.3. The summed E-state index contributed by atoms with van der Waals surface area (Å²) >= 11 is 0. The molecular formula is C16H17N3O2. The van der Waals surface area contributed by atoms with Crippen LogP contribution in [0.5, 0.6) is 0 Å². The first kappa shape index (κ1) is 13.5. The van der Waals surface area contributed by atoms with Crippen molar-refractivity contribution < 1.29 is 9.90 Å². The van der Waals surface area contributed by atoms with Gasteiger partial charge in [-0.3, -0.25) is 9.78 Å². The number of hydrogen-bond donors (Lipinski definition) is 1. The van der Waals surface area contributed by atoms with E-state index < -0.39 is 5.97 Å². The summed E-state index contributed by atoms with van der Waals surface area (Å²) in [5, 5.41) is 9.74. The Morgan fingerprint density at radius 1 is 1.10 bits per heavy atom. The molecule has 5 heteroatoms. The highest BCUT2D eigenvalue weighted by Crippen LogP contribution is 2.23. The number of rotatable bonds is 6. The standard InChI is InChI=1S/C16H17N3O2/c20-15(21)8-2-1-5-9-19-11-18-14-10-17-13-7-4-3-6-12(13)16(14)19/h3-4,6-7,10-11H,1-2,5,8-9H2,(H,20,21). The number of aliphatic carboxylic acids is 1. The van der Waals surface area contributed by atoms with Gasteiger partial charge in [0.15, 0.2) is 0 Å². The quantitative estimate of drug-likeness (QED) is 0.705. The predicted molar refractivity (Wildman–Crippen MR) is 81.1 cm³/mol. The summed E-state index contributed by atoms with van der Waals surface area (Å²) in [6, 6.07) is 8.05. The molecule has 1 aromatic carbocycles. The molecule has 0 bridgehead atoms. The SMILES string of the molecule is O=C(O)CCCCCn1cnc2cnc3ccccc3c21. The van der Waals surface area contributed by atoms with E-state index in [1.165, 1.54) is 0 Å². The summed E-state index contributed by atoms with van der Waals surface area (Å²) in [6.45, 7) is 0.851. The third kappa shape index (κ3) is 2.86. The number of carboxylic acids is 1. The number of aromatic nitrogens is 3. The molecule has 3 aromatic rings. The van der Waals surface area contributed by atoms with E-state index >= 15 is 0 Å². The Morgan fingerprint density at radius 2 is 1.95 bits per heavy atom. The summed E-state index contributed by atoms with van der Waals surface area (Å²) in [4.78, 5) is 19.3. The van der Waals surface area contributed by atoms with Gasteiger partial charge in [0.2, 0.25) is 0 Å². The number of unbranched alkanes of at least 4 members (excludes halogenated alkanes) is 2. The second-order valence-electron chi connectivity index (χ2n) is 5.15. The number of hydrogen-bond acceptors (Lipinski definition) is 3. The lowest BCUT2D eigenvalue weighted by Crippen LogP contribution is -1.98. The Hall–Kier alpha value is -2.43. The number of para-hydroxylation sites is 1. The maximum absolute atomic E-state index is 10.5. The lowest BCUT2D eigenvalue weighted by molar-refractivity contribution is -0.137. The molecule has 5 nitrogen and oxygen atoms in total. The summed E-state index contributed by atoms with van der Waals surface area (Å²) in [6.07, 6.45) is 6.49. The molecule has 0 aliphatic rings. The van der Waals surface area contributed by atoms with Crippen molar-refractivity contribution in [2.75, 3.05) is 0 Å². The molecule has 2 heterocycles. The number of pyridine rings is 1. The summed E-state index contributed by atoms with van der Waals surface area (Å²) in [5.74, 6) is -0.722. The van der Waals surface area contributed by atoms with E-state index in [4.69, 9.17) is 5.11 Å². The van der Waals surface area contributed by atoms with Gasteiger partial charge in [0.25, 0.3) is 0 Å². The lowest BCUT2D eigenvalue weighted by Gasteiger charge is -2.06. The summed E-state index contributed by atoms with van der Waals surface area (Å²) in [5.41, 5.74) is 2.98. The smallest absolute Gasteiger partial charge is 0.303 e. The van der Waals surface area contributed by atoms with Crippen LogP contribution in [-0.4, -0.2) is 25.6 Å². The Kier molecular flexibility index (Phi) is 3.81. The number of fused-ring (bicyclic) bond motifs is 3. The fourth-order valence-electron chi connectivity index (χ4n) is 2.61. The molecule has 0 aliphatic heterocycles. The Labute approximate surface area is 122 Å². The number of nitrogens with zero attached hydrogens (tertiary/aromatic N) is 3. The molecule has 0 atom stereocenters. The second-order valence-corrected chi connectivity index (χ2v) is 5.15. The highest BCUT2D eigenvalue weighted by Gasteiger charge is 2.07. The highest BCUT2D eigenvalue weighted by atomic mass is 16.4. The van der Waals surface area contributed by atoms with E-state index in [1.54, 1.807) is 6.20 Å². The van der Waals surface area contributed by atoms with Crippen LogP contribution >= 0.6 is 0 Å². The zero-order valence-electron chi connectivity index (χ0n) is 11.7. The molecule has 0 saturated carbocycles. The van der Waals surface area contributed by atoms with E-state index in [0.29, 0.717) is 0 Å². The summed E-state index contributed by atoms with van der Waals surface area (Å²) in [7, 11) is 0. The van der Waals surface area contributed by atoms with Crippen LogP contribution in [0.25, 0.3) is 21.9 Å². The van der Waals surface area contributed by atoms with Crippen molar-refractivity contribution in [2.24, 2.45) is 0 Å². The first-order valence-electron chi connectivity index (χ1n) is 7.16. The molecule has 108 valence electrons. The van der Waals surface area contributed by atoms with E-state index in [9.17, 15) is 4.79 Å². The Morgan fingerprint density at radius 3 is 2.81 bits per heavy atom. The zero-order chi connectivity index (χ0) is 14.7. The van der Waals surface area contributed by atoms with Gasteiger partial charge in [-0.1, -0.05) is 24.6 Å². The summed E-state index contributed by atoms with van der Waals surface area (Å²) < 4.78 is 2.14. The van der Waals surface area contributed by atoms with Crippen molar-refractivity contribution in [1.82, 2.24) is 14.5 Å². The Balaban J connectivity index is 1.79. The average Bonchev–Trinajstić information content (AvgIpc) is 2.90. The van der Waals surface area contributed by atoms with Gasteiger partial charge in [0.05, 0.1) is 23.6 Å². The maximum atomic E-state index is 10.5. The first-order valence-corrected chi connectivity index (χ1v) is 7.16. The average molecular weight is 283 g/mol. The van der Waals surface area contributed by atoms with Gasteiger partial charge in [-0.2, -0.15) is 0 Å². The minimum absolute atomic E-state index is 0.248. The van der Waals surface area contributed by atoms with E-state index in [1.807, 2.05) is 24.5 Å². The molecule has 0 amide bonds. The monoisotopic (exact) mass is 283 g/mol. The van der Waals surface area contributed by atoms with Crippen LogP contribution < -0.4 is 0 Å². The number of carbonyl (C=O) groups is 1. The van der Waals surface area contributed by atoms with Crippen molar-refractivity contribution in [3.05, 3.63) is 36.8 Å². The van der Waals surface area contributed by atoms with Crippen molar-refractivity contribution >= 4 is 27.9 Å². The van der Waals surface area contributed by atoms with Crippen LogP contribution in [0.3, 0.4) is 0 Å². The third-order valence-electron chi connectivity index (χ3n) is 3.64. The highest BCUT2D eigenvalue weighted by molar-refractivity contribution is 6.01. The molecular weight excluding hydrogens is 266 g/mol. The van der Waals surface area contributed by atoms with Crippen molar-refractivity contribution in [3.8, 4) is 0 Å². The van der Waals surface area contributed by atoms with E-state index in [-0.39, 0.29) is 6.42 Å². The van der Waals surface area contributed by atoms with Crippen molar-refractivity contribution in [3.63, 3.8) is 0 Å². The molecule has 0 spiro atoms. The number of benzene rings is 1. The van der Waals surface area contributed by atoms with Gasteiger partial charge < -0.3 is 9.67 Å².